The first-order chi connectivity index (χ1) is 12.0. The number of nitrogens with zero attached hydrogens (tertiary/aromatic N) is 2. The van der Waals surface area contributed by atoms with Gasteiger partial charge in [-0.25, -0.2) is 4.98 Å². The molecule has 0 fully saturated rings. The van der Waals surface area contributed by atoms with Crippen molar-refractivity contribution in [2.24, 2.45) is 5.73 Å². The van der Waals surface area contributed by atoms with Gasteiger partial charge in [0.2, 0.25) is 0 Å². The van der Waals surface area contributed by atoms with Crippen LogP contribution in [-0.2, 0) is 6.54 Å². The number of fused-ring (bicyclic) bond motifs is 1. The molecule has 0 saturated heterocycles. The van der Waals surface area contributed by atoms with Crippen molar-refractivity contribution >= 4 is 22.6 Å². The summed E-state index contributed by atoms with van der Waals surface area (Å²) in [4.78, 5) is 4.74. The van der Waals surface area contributed by atoms with Crippen LogP contribution >= 0.6 is 11.6 Å². The van der Waals surface area contributed by atoms with E-state index < -0.39 is 0 Å². The third kappa shape index (κ3) is 3.97. The van der Waals surface area contributed by atoms with Gasteiger partial charge in [-0.15, -0.1) is 0 Å². The number of hydrogen-bond acceptors (Lipinski definition) is 3. The fourth-order valence-corrected chi connectivity index (χ4v) is 3.05. The summed E-state index contributed by atoms with van der Waals surface area (Å²) in [6.45, 7) is 7.66. The first-order valence-corrected chi connectivity index (χ1v) is 8.95. The summed E-state index contributed by atoms with van der Waals surface area (Å²) in [7, 11) is 0. The maximum atomic E-state index is 6.14. The number of aromatic nitrogens is 2. The van der Waals surface area contributed by atoms with Crippen molar-refractivity contribution in [2.45, 2.75) is 39.8 Å². The van der Waals surface area contributed by atoms with Gasteiger partial charge in [-0.05, 0) is 74.7 Å². The van der Waals surface area contributed by atoms with Gasteiger partial charge in [-0.1, -0.05) is 11.6 Å². The third-order valence-electron chi connectivity index (χ3n) is 4.41. The number of rotatable bonds is 6. The van der Waals surface area contributed by atoms with Crippen LogP contribution < -0.4 is 10.5 Å². The predicted molar refractivity (Wildman–Crippen MR) is 103 cm³/mol. The summed E-state index contributed by atoms with van der Waals surface area (Å²) in [5.74, 6) is 1.75. The smallest absolute Gasteiger partial charge is 0.126 e. The monoisotopic (exact) mass is 357 g/mol. The molecule has 25 heavy (non-hydrogen) atoms. The summed E-state index contributed by atoms with van der Waals surface area (Å²) in [5, 5.41) is 0.712. The Hall–Kier alpha value is -2.04. The van der Waals surface area contributed by atoms with Gasteiger partial charge in [0.15, 0.2) is 0 Å². The summed E-state index contributed by atoms with van der Waals surface area (Å²) < 4.78 is 8.01. The fourth-order valence-electron chi connectivity index (χ4n) is 2.92. The number of hydrogen-bond donors (Lipinski definition) is 1. The minimum Gasteiger partial charge on any atom is -0.494 e. The van der Waals surface area contributed by atoms with E-state index in [4.69, 9.17) is 27.1 Å². The average molecular weight is 358 g/mol. The molecule has 0 spiro atoms. The van der Waals surface area contributed by atoms with Crippen molar-refractivity contribution in [3.63, 3.8) is 0 Å². The molecule has 0 saturated carbocycles. The van der Waals surface area contributed by atoms with Crippen molar-refractivity contribution in [3.8, 4) is 5.75 Å². The first-order valence-electron chi connectivity index (χ1n) is 8.57. The maximum Gasteiger partial charge on any atom is 0.126 e. The summed E-state index contributed by atoms with van der Waals surface area (Å²) in [6.07, 6.45) is 0.876. The Bertz CT molecular complexity index is 869. The van der Waals surface area contributed by atoms with Crippen molar-refractivity contribution in [1.82, 2.24) is 9.55 Å². The molecule has 0 aliphatic rings. The highest BCUT2D eigenvalue weighted by molar-refractivity contribution is 6.30. The second-order valence-corrected chi connectivity index (χ2v) is 6.93. The zero-order valence-electron chi connectivity index (χ0n) is 14.9. The molecule has 5 heteroatoms. The molecule has 0 aliphatic heterocycles. The second kappa shape index (κ2) is 7.46. The number of imidazole rings is 1. The number of nitrogens with two attached hydrogens (primary N) is 1. The molecule has 0 aliphatic carbocycles. The van der Waals surface area contributed by atoms with Crippen molar-refractivity contribution in [3.05, 3.63) is 58.4 Å². The lowest BCUT2D eigenvalue weighted by Gasteiger charge is -2.12. The predicted octanol–water partition coefficient (Wildman–Crippen LogP) is 4.80. The molecule has 3 rings (SSSR count). The molecular formula is C20H24ClN3O. The topological polar surface area (TPSA) is 53.1 Å². The molecule has 1 aromatic heterocycles. The largest absolute Gasteiger partial charge is 0.494 e. The molecule has 1 heterocycles. The molecule has 0 amide bonds. The number of ether oxygens (including phenoxy) is 1. The Morgan fingerprint density at radius 1 is 1.16 bits per heavy atom. The standard InChI is InChI=1S/C20H24ClN3O/c1-13-11-18-19(12-14(13)2)24(20(23-18)15(3)22)9-4-10-25-17-7-5-16(21)6-8-17/h5-8,11-12,15H,4,9-10,22H2,1-3H3. The minimum absolute atomic E-state index is 0.106. The summed E-state index contributed by atoms with van der Waals surface area (Å²) in [6, 6.07) is 11.7. The highest BCUT2D eigenvalue weighted by atomic mass is 35.5. The van der Waals surface area contributed by atoms with E-state index in [-0.39, 0.29) is 6.04 Å². The SMILES string of the molecule is Cc1cc2nc(C(C)N)n(CCCOc3ccc(Cl)cc3)c2cc1C. The highest BCUT2D eigenvalue weighted by Crippen LogP contribution is 2.24. The molecule has 1 unspecified atom stereocenters. The highest BCUT2D eigenvalue weighted by Gasteiger charge is 2.14. The fraction of sp³-hybridized carbons (Fsp3) is 0.350. The van der Waals surface area contributed by atoms with Gasteiger partial charge in [0.1, 0.15) is 11.6 Å². The molecular weight excluding hydrogens is 334 g/mol. The first kappa shape index (κ1) is 17.8. The Kier molecular flexibility index (Phi) is 5.30. The van der Waals surface area contributed by atoms with E-state index >= 15 is 0 Å². The van der Waals surface area contributed by atoms with Crippen LogP contribution in [0.15, 0.2) is 36.4 Å². The molecule has 4 nitrogen and oxygen atoms in total. The third-order valence-corrected chi connectivity index (χ3v) is 4.66. The summed E-state index contributed by atoms with van der Waals surface area (Å²) >= 11 is 5.89. The molecule has 0 radical (unpaired) electrons. The van der Waals surface area contributed by atoms with E-state index in [2.05, 4.69) is 30.5 Å². The van der Waals surface area contributed by atoms with E-state index in [1.807, 2.05) is 31.2 Å². The van der Waals surface area contributed by atoms with E-state index in [1.165, 1.54) is 11.1 Å². The molecule has 3 aromatic rings. The minimum atomic E-state index is -0.106. The van der Waals surface area contributed by atoms with E-state index in [0.29, 0.717) is 11.6 Å². The van der Waals surface area contributed by atoms with E-state index in [1.54, 1.807) is 0 Å². The Morgan fingerprint density at radius 2 is 1.84 bits per heavy atom. The van der Waals surface area contributed by atoms with Crippen LogP contribution in [0, 0.1) is 13.8 Å². The molecule has 1 atom stereocenters. The van der Waals surface area contributed by atoms with Crippen molar-refractivity contribution in [2.75, 3.05) is 6.61 Å². The molecule has 132 valence electrons. The zero-order valence-corrected chi connectivity index (χ0v) is 15.7. The lowest BCUT2D eigenvalue weighted by Crippen LogP contribution is -2.15. The van der Waals surface area contributed by atoms with E-state index in [0.717, 1.165) is 35.6 Å². The van der Waals surface area contributed by atoms with Gasteiger partial charge >= 0.3 is 0 Å². The Labute approximate surface area is 153 Å². The van der Waals surface area contributed by atoms with Gasteiger partial charge in [0, 0.05) is 11.6 Å². The number of aryl methyl sites for hydroxylation is 3. The van der Waals surface area contributed by atoms with Gasteiger partial charge < -0.3 is 15.0 Å². The van der Waals surface area contributed by atoms with E-state index in [9.17, 15) is 0 Å². The Balaban J connectivity index is 1.74. The van der Waals surface area contributed by atoms with Crippen LogP contribution in [0.2, 0.25) is 5.02 Å². The zero-order chi connectivity index (χ0) is 18.0. The number of benzene rings is 2. The van der Waals surface area contributed by atoms with Gasteiger partial charge in [-0.2, -0.15) is 0 Å². The van der Waals surface area contributed by atoms with Gasteiger partial charge in [0.05, 0.1) is 23.7 Å². The Morgan fingerprint density at radius 3 is 2.52 bits per heavy atom. The lowest BCUT2D eigenvalue weighted by molar-refractivity contribution is 0.301. The van der Waals surface area contributed by atoms with Crippen LogP contribution in [0.3, 0.4) is 0 Å². The molecule has 0 bridgehead atoms. The van der Waals surface area contributed by atoms with Crippen molar-refractivity contribution in [1.29, 1.82) is 0 Å². The van der Waals surface area contributed by atoms with Crippen LogP contribution in [0.5, 0.6) is 5.75 Å². The number of halogens is 1. The molecule has 2 aromatic carbocycles. The molecule has 2 N–H and O–H groups in total. The van der Waals surface area contributed by atoms with Crippen LogP contribution in [0.4, 0.5) is 0 Å². The summed E-state index contributed by atoms with van der Waals surface area (Å²) in [5.41, 5.74) is 10.8. The van der Waals surface area contributed by atoms with Crippen LogP contribution in [0.25, 0.3) is 11.0 Å². The van der Waals surface area contributed by atoms with Gasteiger partial charge in [-0.3, -0.25) is 0 Å². The van der Waals surface area contributed by atoms with Crippen molar-refractivity contribution < 1.29 is 4.74 Å². The van der Waals surface area contributed by atoms with Gasteiger partial charge in [0.25, 0.3) is 0 Å². The van der Waals surface area contributed by atoms with Crippen LogP contribution in [-0.4, -0.2) is 16.2 Å². The van der Waals surface area contributed by atoms with Crippen LogP contribution in [0.1, 0.15) is 36.3 Å². The lowest BCUT2D eigenvalue weighted by atomic mass is 10.1. The quantitative estimate of drug-likeness (QED) is 0.645. The second-order valence-electron chi connectivity index (χ2n) is 6.49. The maximum absolute atomic E-state index is 6.14. The normalized spacial score (nSPS) is 12.5. The average Bonchev–Trinajstić information content (AvgIpc) is 2.92.